The van der Waals surface area contributed by atoms with Crippen molar-refractivity contribution < 1.29 is 19.1 Å². The van der Waals surface area contributed by atoms with E-state index in [0.717, 1.165) is 6.29 Å². The number of hydrogen-bond acceptors (Lipinski definition) is 4. The quantitative estimate of drug-likeness (QED) is 0.570. The van der Waals surface area contributed by atoms with Crippen molar-refractivity contribution in [3.8, 4) is 5.75 Å². The van der Waals surface area contributed by atoms with Crippen LogP contribution < -0.4 is 9.64 Å². The largest absolute Gasteiger partial charge is 0.497 e. The predicted molar refractivity (Wildman–Crippen MR) is 60.4 cm³/mol. The molecule has 0 spiro atoms. The van der Waals surface area contributed by atoms with Crippen molar-refractivity contribution in [1.29, 1.82) is 0 Å². The molecule has 5 heteroatoms. The van der Waals surface area contributed by atoms with Crippen LogP contribution in [0.1, 0.15) is 16.8 Å². The molecule has 1 aliphatic rings. The number of anilines is 1. The monoisotopic (exact) mass is 233 g/mol. The number of nitrogens with zero attached hydrogens (tertiary/aromatic N) is 1. The lowest BCUT2D eigenvalue weighted by Gasteiger charge is -2.15. The molecule has 0 aromatic heterocycles. The first-order valence-electron chi connectivity index (χ1n) is 5.17. The molecule has 1 aliphatic heterocycles. The molecule has 0 bridgehead atoms. The topological polar surface area (TPSA) is 63.7 Å². The molecule has 0 atom stereocenters. The Morgan fingerprint density at radius 1 is 1.35 bits per heavy atom. The first kappa shape index (κ1) is 11.3. The molecule has 0 saturated carbocycles. The van der Waals surface area contributed by atoms with Crippen molar-refractivity contribution >= 4 is 23.7 Å². The summed E-state index contributed by atoms with van der Waals surface area (Å²) in [6.07, 6.45) is 0.922. The van der Waals surface area contributed by atoms with Gasteiger partial charge in [-0.2, -0.15) is 0 Å². The van der Waals surface area contributed by atoms with Gasteiger partial charge in [0.2, 0.25) is 0 Å². The Balaban J connectivity index is 2.41. The van der Waals surface area contributed by atoms with E-state index in [2.05, 4.69) is 0 Å². The van der Waals surface area contributed by atoms with E-state index in [1.54, 1.807) is 18.2 Å². The average molecular weight is 233 g/mol. The Hall–Kier alpha value is -2.17. The maximum absolute atomic E-state index is 11.7. The van der Waals surface area contributed by atoms with Crippen LogP contribution >= 0.6 is 0 Å². The minimum absolute atomic E-state index is 0.204. The summed E-state index contributed by atoms with van der Waals surface area (Å²) in [7, 11) is 1.51. The maximum atomic E-state index is 11.7. The molecule has 1 amide bonds. The van der Waals surface area contributed by atoms with Gasteiger partial charge in [0.25, 0.3) is 11.7 Å². The van der Waals surface area contributed by atoms with Crippen molar-refractivity contribution in [1.82, 2.24) is 0 Å². The molecule has 88 valence electrons. The van der Waals surface area contributed by atoms with Crippen LogP contribution in [0.25, 0.3) is 0 Å². The summed E-state index contributed by atoms with van der Waals surface area (Å²) in [5.74, 6) is -0.550. The number of fused-ring (bicyclic) bond motifs is 1. The number of aldehydes is 1. The number of ketones is 1. The highest BCUT2D eigenvalue weighted by atomic mass is 16.5. The summed E-state index contributed by atoms with van der Waals surface area (Å²) in [4.78, 5) is 35.0. The van der Waals surface area contributed by atoms with Gasteiger partial charge in [0.1, 0.15) is 12.0 Å². The molecule has 0 saturated heterocycles. The maximum Gasteiger partial charge on any atom is 0.299 e. The van der Waals surface area contributed by atoms with Crippen LogP contribution in [-0.4, -0.2) is 31.6 Å². The number of rotatable bonds is 4. The van der Waals surface area contributed by atoms with Crippen LogP contribution in [0, 0.1) is 0 Å². The van der Waals surface area contributed by atoms with Gasteiger partial charge in [-0.3, -0.25) is 9.59 Å². The molecule has 2 rings (SSSR count). The fourth-order valence-electron chi connectivity index (χ4n) is 1.80. The van der Waals surface area contributed by atoms with E-state index in [0.29, 0.717) is 17.0 Å². The van der Waals surface area contributed by atoms with Gasteiger partial charge in [-0.05, 0) is 12.1 Å². The van der Waals surface area contributed by atoms with Gasteiger partial charge in [0, 0.05) is 19.0 Å². The highest BCUT2D eigenvalue weighted by Crippen LogP contribution is 2.32. The number of amides is 1. The van der Waals surface area contributed by atoms with E-state index in [4.69, 9.17) is 4.74 Å². The molecule has 17 heavy (non-hydrogen) atoms. The van der Waals surface area contributed by atoms with Crippen molar-refractivity contribution in [2.45, 2.75) is 6.42 Å². The molecule has 1 aromatic rings. The Morgan fingerprint density at radius 2 is 2.12 bits per heavy atom. The van der Waals surface area contributed by atoms with Crippen LogP contribution in [0.15, 0.2) is 18.2 Å². The van der Waals surface area contributed by atoms with Crippen molar-refractivity contribution in [2.75, 3.05) is 18.6 Å². The third-order valence-electron chi connectivity index (χ3n) is 2.65. The lowest BCUT2D eigenvalue weighted by atomic mass is 10.1. The van der Waals surface area contributed by atoms with Crippen LogP contribution in [0.3, 0.4) is 0 Å². The second-order valence-corrected chi connectivity index (χ2v) is 3.62. The van der Waals surface area contributed by atoms with Gasteiger partial charge < -0.3 is 14.4 Å². The number of carbonyl (C=O) groups excluding carboxylic acids is 3. The minimum Gasteiger partial charge on any atom is -0.497 e. The number of methoxy groups -OCH3 is 1. The van der Waals surface area contributed by atoms with Crippen molar-refractivity contribution in [2.24, 2.45) is 0 Å². The second-order valence-electron chi connectivity index (χ2n) is 3.62. The van der Waals surface area contributed by atoms with E-state index in [1.165, 1.54) is 12.0 Å². The van der Waals surface area contributed by atoms with Crippen LogP contribution in [0.2, 0.25) is 0 Å². The molecule has 0 fully saturated rings. The predicted octanol–water partition coefficient (Wildman–Crippen LogP) is 0.814. The molecule has 0 N–H and O–H groups in total. The summed E-state index contributed by atoms with van der Waals surface area (Å²) in [5, 5.41) is 0. The summed E-state index contributed by atoms with van der Waals surface area (Å²) >= 11 is 0. The Kier molecular flexibility index (Phi) is 2.91. The third kappa shape index (κ3) is 1.80. The van der Waals surface area contributed by atoms with Gasteiger partial charge in [0.15, 0.2) is 0 Å². The van der Waals surface area contributed by atoms with Crippen molar-refractivity contribution in [3.63, 3.8) is 0 Å². The van der Waals surface area contributed by atoms with Gasteiger partial charge >= 0.3 is 0 Å². The Morgan fingerprint density at radius 3 is 2.76 bits per heavy atom. The molecule has 1 heterocycles. The number of benzene rings is 1. The van der Waals surface area contributed by atoms with Crippen molar-refractivity contribution in [3.05, 3.63) is 23.8 Å². The van der Waals surface area contributed by atoms with E-state index in [1.807, 2.05) is 0 Å². The Labute approximate surface area is 98.0 Å². The fraction of sp³-hybridized carbons (Fsp3) is 0.250. The highest BCUT2D eigenvalue weighted by Gasteiger charge is 2.35. The van der Waals surface area contributed by atoms with E-state index in [9.17, 15) is 14.4 Å². The van der Waals surface area contributed by atoms with Gasteiger partial charge in [-0.25, -0.2) is 0 Å². The van der Waals surface area contributed by atoms with Crippen LogP contribution in [0.4, 0.5) is 5.69 Å². The third-order valence-corrected chi connectivity index (χ3v) is 2.65. The molecule has 0 aliphatic carbocycles. The minimum atomic E-state index is -0.588. The lowest BCUT2D eigenvalue weighted by molar-refractivity contribution is -0.114. The lowest BCUT2D eigenvalue weighted by Crippen LogP contribution is -2.30. The molecule has 0 unspecified atom stereocenters. The zero-order chi connectivity index (χ0) is 12.4. The van der Waals surface area contributed by atoms with Gasteiger partial charge in [-0.15, -0.1) is 0 Å². The standard InChI is InChI=1S/C12H11NO4/c1-17-8-3-4-9-10(7-8)13(5-2-6-14)12(16)11(9)15/h3-4,6-7H,2,5H2,1H3. The second kappa shape index (κ2) is 4.37. The first-order chi connectivity index (χ1) is 8.19. The summed E-state index contributed by atoms with van der Waals surface area (Å²) in [6.45, 7) is 0.217. The number of ether oxygens (including phenoxy) is 1. The fourth-order valence-corrected chi connectivity index (χ4v) is 1.80. The Bertz CT molecular complexity index is 495. The zero-order valence-corrected chi connectivity index (χ0v) is 9.30. The summed E-state index contributed by atoms with van der Waals surface area (Å²) < 4.78 is 5.04. The molecule has 0 radical (unpaired) electrons. The zero-order valence-electron chi connectivity index (χ0n) is 9.30. The highest BCUT2D eigenvalue weighted by molar-refractivity contribution is 6.52. The van der Waals surface area contributed by atoms with E-state index in [-0.39, 0.29) is 13.0 Å². The normalized spacial score (nSPS) is 13.8. The molecule has 5 nitrogen and oxygen atoms in total. The summed E-state index contributed by atoms with van der Waals surface area (Å²) in [5.41, 5.74) is 0.878. The number of Topliss-reactive ketones (excluding diaryl/α,β-unsaturated/α-hetero) is 1. The van der Waals surface area contributed by atoms with Gasteiger partial charge in [-0.1, -0.05) is 0 Å². The van der Waals surface area contributed by atoms with Crippen LogP contribution in [0.5, 0.6) is 5.75 Å². The van der Waals surface area contributed by atoms with E-state index < -0.39 is 11.7 Å². The first-order valence-corrected chi connectivity index (χ1v) is 5.17. The summed E-state index contributed by atoms with van der Waals surface area (Å²) in [6, 6.07) is 4.82. The van der Waals surface area contributed by atoms with Gasteiger partial charge in [0.05, 0.1) is 18.4 Å². The molecular formula is C12H11NO4. The molecular weight excluding hydrogens is 222 g/mol. The number of hydrogen-bond donors (Lipinski definition) is 0. The van der Waals surface area contributed by atoms with Crippen LogP contribution in [-0.2, 0) is 9.59 Å². The smallest absolute Gasteiger partial charge is 0.299 e. The number of carbonyl (C=O) groups is 3. The van der Waals surface area contributed by atoms with E-state index >= 15 is 0 Å². The average Bonchev–Trinajstić information content (AvgIpc) is 2.59. The SMILES string of the molecule is COc1ccc2c(c1)N(CCC=O)C(=O)C2=O. The molecule has 1 aromatic carbocycles.